The Balaban J connectivity index is 1.41. The number of hydrogen-bond donors (Lipinski definition) is 1. The van der Waals surface area contributed by atoms with Gasteiger partial charge in [-0.3, -0.25) is 14.4 Å². The molecule has 0 aromatic heterocycles. The predicted octanol–water partition coefficient (Wildman–Crippen LogP) is 3.73. The Bertz CT molecular complexity index is 991. The summed E-state index contributed by atoms with van der Waals surface area (Å²) in [6.45, 7) is 4.42. The van der Waals surface area contributed by atoms with Gasteiger partial charge in [0.25, 0.3) is 5.91 Å². The van der Waals surface area contributed by atoms with Crippen LogP contribution in [0.2, 0.25) is 0 Å². The first kappa shape index (κ1) is 22.1. The van der Waals surface area contributed by atoms with E-state index >= 15 is 0 Å². The summed E-state index contributed by atoms with van der Waals surface area (Å²) in [4.78, 5) is 42.4. The fourth-order valence-corrected chi connectivity index (χ4v) is 4.83. The lowest BCUT2D eigenvalue weighted by atomic mass is 9.85. The number of nitrogens with zero attached hydrogens (tertiary/aromatic N) is 2. The van der Waals surface area contributed by atoms with Crippen LogP contribution >= 0.6 is 0 Å². The number of para-hydroxylation sites is 1. The van der Waals surface area contributed by atoms with E-state index in [0.717, 1.165) is 25.8 Å². The van der Waals surface area contributed by atoms with Crippen molar-refractivity contribution in [2.75, 3.05) is 31.5 Å². The van der Waals surface area contributed by atoms with Gasteiger partial charge in [-0.15, -0.1) is 0 Å². The van der Waals surface area contributed by atoms with Crippen LogP contribution in [-0.2, 0) is 16.0 Å². The van der Waals surface area contributed by atoms with E-state index in [4.69, 9.17) is 0 Å². The molecule has 1 unspecified atom stereocenters. The zero-order valence-electron chi connectivity index (χ0n) is 18.7. The maximum atomic E-state index is 13.3. The Kier molecular flexibility index (Phi) is 6.58. The monoisotopic (exact) mass is 433 g/mol. The van der Waals surface area contributed by atoms with Crippen molar-refractivity contribution in [3.05, 3.63) is 65.7 Å². The molecule has 168 valence electrons. The normalized spacial score (nSPS) is 20.2. The topological polar surface area (TPSA) is 69.7 Å². The number of rotatable bonds is 7. The van der Waals surface area contributed by atoms with Gasteiger partial charge in [-0.1, -0.05) is 49.4 Å². The number of likely N-dealkylation sites (tertiary alicyclic amines) is 2. The first-order valence-electron chi connectivity index (χ1n) is 11.5. The van der Waals surface area contributed by atoms with Crippen molar-refractivity contribution in [2.45, 2.75) is 39.0 Å². The predicted molar refractivity (Wildman–Crippen MR) is 124 cm³/mol. The summed E-state index contributed by atoms with van der Waals surface area (Å²) in [7, 11) is 0. The molecule has 1 spiro atoms. The van der Waals surface area contributed by atoms with Gasteiger partial charge in [-0.25, -0.2) is 0 Å². The van der Waals surface area contributed by atoms with E-state index in [1.807, 2.05) is 36.1 Å². The molecular formula is C26H31N3O3. The summed E-state index contributed by atoms with van der Waals surface area (Å²) in [5, 5.41) is 2.86. The summed E-state index contributed by atoms with van der Waals surface area (Å²) in [6.07, 6.45) is 3.50. The Morgan fingerprint density at radius 2 is 1.72 bits per heavy atom. The van der Waals surface area contributed by atoms with Crippen molar-refractivity contribution in [2.24, 2.45) is 5.41 Å². The highest BCUT2D eigenvalue weighted by Crippen LogP contribution is 2.41. The van der Waals surface area contributed by atoms with Crippen LogP contribution in [0.4, 0.5) is 5.69 Å². The molecule has 2 saturated heterocycles. The zero-order valence-corrected chi connectivity index (χ0v) is 18.7. The second-order valence-electron chi connectivity index (χ2n) is 8.88. The molecule has 0 saturated carbocycles. The SMILES string of the molecule is CCCC(=O)Nc1ccccc1C(=O)N1CCC2(CCN(CCc3ccccc3)C2=O)C1. The lowest BCUT2D eigenvalue weighted by molar-refractivity contribution is -0.135. The molecule has 32 heavy (non-hydrogen) atoms. The molecule has 2 aromatic rings. The first-order chi connectivity index (χ1) is 15.5. The van der Waals surface area contributed by atoms with E-state index in [1.54, 1.807) is 23.1 Å². The highest BCUT2D eigenvalue weighted by Gasteiger charge is 2.51. The van der Waals surface area contributed by atoms with E-state index in [1.165, 1.54) is 5.56 Å². The van der Waals surface area contributed by atoms with Crippen molar-refractivity contribution in [1.82, 2.24) is 9.80 Å². The van der Waals surface area contributed by atoms with E-state index in [-0.39, 0.29) is 17.7 Å². The number of hydrogen-bond acceptors (Lipinski definition) is 3. The molecule has 2 aliphatic heterocycles. The van der Waals surface area contributed by atoms with E-state index in [2.05, 4.69) is 17.4 Å². The molecule has 6 heteroatoms. The van der Waals surface area contributed by atoms with Gasteiger partial charge in [0.05, 0.1) is 16.7 Å². The van der Waals surface area contributed by atoms with Crippen LogP contribution in [0.1, 0.15) is 48.5 Å². The Morgan fingerprint density at radius 3 is 2.50 bits per heavy atom. The Hall–Kier alpha value is -3.15. The molecular weight excluding hydrogens is 402 g/mol. The lowest BCUT2D eigenvalue weighted by Crippen LogP contribution is -2.39. The highest BCUT2D eigenvalue weighted by molar-refractivity contribution is 6.04. The molecule has 0 bridgehead atoms. The van der Waals surface area contributed by atoms with Crippen LogP contribution in [0.15, 0.2) is 54.6 Å². The third-order valence-corrected chi connectivity index (χ3v) is 6.66. The van der Waals surface area contributed by atoms with Gasteiger partial charge in [0, 0.05) is 32.6 Å². The molecule has 1 N–H and O–H groups in total. The third kappa shape index (κ3) is 4.54. The highest BCUT2D eigenvalue weighted by atomic mass is 16.2. The van der Waals surface area contributed by atoms with Gasteiger partial charge >= 0.3 is 0 Å². The summed E-state index contributed by atoms with van der Waals surface area (Å²) in [5.41, 5.74) is 1.79. The number of nitrogens with one attached hydrogen (secondary N) is 1. The molecule has 2 heterocycles. The molecule has 2 aromatic carbocycles. The number of amides is 3. The molecule has 0 aliphatic carbocycles. The molecule has 1 atom stereocenters. The van der Waals surface area contributed by atoms with Crippen LogP contribution in [0.3, 0.4) is 0 Å². The molecule has 3 amide bonds. The van der Waals surface area contributed by atoms with Crippen molar-refractivity contribution < 1.29 is 14.4 Å². The molecule has 0 radical (unpaired) electrons. The Morgan fingerprint density at radius 1 is 1.00 bits per heavy atom. The van der Waals surface area contributed by atoms with Crippen LogP contribution in [-0.4, -0.2) is 53.7 Å². The fraction of sp³-hybridized carbons (Fsp3) is 0.423. The smallest absolute Gasteiger partial charge is 0.255 e. The fourth-order valence-electron chi connectivity index (χ4n) is 4.83. The maximum Gasteiger partial charge on any atom is 0.255 e. The zero-order chi connectivity index (χ0) is 22.6. The first-order valence-corrected chi connectivity index (χ1v) is 11.5. The second kappa shape index (κ2) is 9.55. The van der Waals surface area contributed by atoms with Gasteiger partial charge < -0.3 is 15.1 Å². The number of benzene rings is 2. The van der Waals surface area contributed by atoms with Gasteiger partial charge in [-0.2, -0.15) is 0 Å². The minimum absolute atomic E-state index is 0.0920. The number of carbonyl (C=O) groups excluding carboxylic acids is 3. The minimum atomic E-state index is -0.466. The van der Waals surface area contributed by atoms with Gasteiger partial charge in [0.15, 0.2) is 0 Å². The summed E-state index contributed by atoms with van der Waals surface area (Å²) < 4.78 is 0. The van der Waals surface area contributed by atoms with E-state index < -0.39 is 5.41 Å². The Labute approximate surface area is 189 Å². The van der Waals surface area contributed by atoms with Gasteiger partial charge in [0.2, 0.25) is 11.8 Å². The van der Waals surface area contributed by atoms with Gasteiger partial charge in [-0.05, 0) is 43.4 Å². The summed E-state index contributed by atoms with van der Waals surface area (Å²) >= 11 is 0. The van der Waals surface area contributed by atoms with Crippen LogP contribution in [0, 0.1) is 5.41 Å². The van der Waals surface area contributed by atoms with Gasteiger partial charge in [0.1, 0.15) is 0 Å². The van der Waals surface area contributed by atoms with Crippen LogP contribution in [0.25, 0.3) is 0 Å². The van der Waals surface area contributed by atoms with E-state index in [9.17, 15) is 14.4 Å². The third-order valence-electron chi connectivity index (χ3n) is 6.66. The average Bonchev–Trinajstić information content (AvgIpc) is 3.38. The summed E-state index contributed by atoms with van der Waals surface area (Å²) in [6, 6.07) is 17.3. The summed E-state index contributed by atoms with van der Waals surface area (Å²) in [5.74, 6) is -0.0382. The van der Waals surface area contributed by atoms with Crippen molar-refractivity contribution >= 4 is 23.4 Å². The molecule has 4 rings (SSSR count). The maximum absolute atomic E-state index is 13.3. The quantitative estimate of drug-likeness (QED) is 0.723. The second-order valence-corrected chi connectivity index (χ2v) is 8.88. The molecule has 2 fully saturated rings. The van der Waals surface area contributed by atoms with Crippen LogP contribution in [0.5, 0.6) is 0 Å². The number of anilines is 1. The largest absolute Gasteiger partial charge is 0.342 e. The number of carbonyl (C=O) groups is 3. The van der Waals surface area contributed by atoms with Crippen LogP contribution < -0.4 is 5.32 Å². The van der Waals surface area contributed by atoms with E-state index in [0.29, 0.717) is 43.7 Å². The standard InChI is InChI=1S/C26H31N3O3/c1-2-8-23(30)27-22-12-7-6-11-21(22)24(31)29-18-15-26(19-29)14-17-28(25(26)32)16-13-20-9-4-3-5-10-20/h3-7,9-12H,2,8,13-19H2,1H3,(H,27,30). The van der Waals surface area contributed by atoms with Crippen molar-refractivity contribution in [1.29, 1.82) is 0 Å². The average molecular weight is 434 g/mol. The minimum Gasteiger partial charge on any atom is -0.342 e. The molecule has 2 aliphatic rings. The lowest BCUT2D eigenvalue weighted by Gasteiger charge is -2.24. The molecule has 6 nitrogen and oxygen atoms in total. The van der Waals surface area contributed by atoms with Crippen molar-refractivity contribution in [3.8, 4) is 0 Å². The van der Waals surface area contributed by atoms with Crippen molar-refractivity contribution in [3.63, 3.8) is 0 Å².